The highest BCUT2D eigenvalue weighted by atomic mass is 79.9. The standard InChI is InChI=1S/C24H32BrN5O2/c1-15(2)26-14-20(17-4-6-18(25)7-5-17)23(32)29-8-10-30(11-9-29)24-27-13-19-16(3)12-21(31)22(19)28-24/h4-7,13,15-16,20-21,26,31H,8-12,14H2,1-3H3/t16-,20-,21+/m1/s1. The number of rotatable bonds is 6. The first-order valence-electron chi connectivity index (χ1n) is 11.4. The number of anilines is 1. The molecule has 1 saturated heterocycles. The van der Waals surface area contributed by atoms with E-state index in [1.807, 2.05) is 35.4 Å². The van der Waals surface area contributed by atoms with Gasteiger partial charge in [0.15, 0.2) is 0 Å². The number of hydrogen-bond donors (Lipinski definition) is 2. The Bertz CT molecular complexity index is 944. The molecule has 3 atom stereocenters. The molecular formula is C24H32BrN5O2. The van der Waals surface area contributed by atoms with Gasteiger partial charge in [0.05, 0.1) is 17.7 Å². The van der Waals surface area contributed by atoms with Gasteiger partial charge in [-0.05, 0) is 35.6 Å². The van der Waals surface area contributed by atoms with Crippen LogP contribution in [-0.2, 0) is 4.79 Å². The quantitative estimate of drug-likeness (QED) is 0.632. The number of carbonyl (C=O) groups is 1. The Morgan fingerprint density at radius 3 is 2.56 bits per heavy atom. The SMILES string of the molecule is CC(C)NC[C@@H](C(=O)N1CCN(c2ncc3c(n2)[C@@H](O)C[C@H]3C)CC1)c1ccc(Br)cc1. The van der Waals surface area contributed by atoms with E-state index in [9.17, 15) is 9.90 Å². The van der Waals surface area contributed by atoms with Gasteiger partial charge in [-0.25, -0.2) is 9.97 Å². The van der Waals surface area contributed by atoms with Crippen LogP contribution in [0.25, 0.3) is 0 Å². The third-order valence-electron chi connectivity index (χ3n) is 6.43. The number of aliphatic hydroxyl groups excluding tert-OH is 1. The molecule has 2 heterocycles. The molecule has 172 valence electrons. The van der Waals surface area contributed by atoms with E-state index in [-0.39, 0.29) is 11.8 Å². The minimum atomic E-state index is -0.509. The Morgan fingerprint density at radius 1 is 1.22 bits per heavy atom. The molecule has 4 rings (SSSR count). The van der Waals surface area contributed by atoms with Crippen LogP contribution in [0, 0.1) is 0 Å². The summed E-state index contributed by atoms with van der Waals surface area (Å²) < 4.78 is 1.01. The maximum Gasteiger partial charge on any atom is 0.231 e. The molecule has 8 heteroatoms. The number of carbonyl (C=O) groups excluding carboxylic acids is 1. The van der Waals surface area contributed by atoms with Gasteiger partial charge in [-0.2, -0.15) is 0 Å². The van der Waals surface area contributed by atoms with Crippen LogP contribution in [0.1, 0.15) is 62.0 Å². The van der Waals surface area contributed by atoms with Crippen molar-refractivity contribution in [1.82, 2.24) is 20.2 Å². The number of piperazine rings is 1. The lowest BCUT2D eigenvalue weighted by Crippen LogP contribution is -2.51. The summed E-state index contributed by atoms with van der Waals surface area (Å²) in [4.78, 5) is 26.7. The van der Waals surface area contributed by atoms with E-state index < -0.39 is 6.10 Å². The molecule has 7 nitrogen and oxygen atoms in total. The smallest absolute Gasteiger partial charge is 0.231 e. The second-order valence-electron chi connectivity index (χ2n) is 9.14. The van der Waals surface area contributed by atoms with Crippen molar-refractivity contribution in [3.8, 4) is 0 Å². The van der Waals surface area contributed by atoms with Crippen molar-refractivity contribution in [2.75, 3.05) is 37.6 Å². The summed E-state index contributed by atoms with van der Waals surface area (Å²) in [5, 5.41) is 13.7. The van der Waals surface area contributed by atoms with Crippen LogP contribution in [0.15, 0.2) is 34.9 Å². The van der Waals surface area contributed by atoms with E-state index in [1.165, 1.54) is 0 Å². The van der Waals surface area contributed by atoms with E-state index in [4.69, 9.17) is 0 Å². The molecule has 1 aromatic carbocycles. The van der Waals surface area contributed by atoms with Crippen LogP contribution in [0.3, 0.4) is 0 Å². The van der Waals surface area contributed by atoms with Gasteiger partial charge in [0, 0.05) is 49.4 Å². The third kappa shape index (κ3) is 4.97. The molecule has 32 heavy (non-hydrogen) atoms. The van der Waals surface area contributed by atoms with Gasteiger partial charge in [-0.1, -0.05) is 48.8 Å². The molecule has 1 amide bonds. The van der Waals surface area contributed by atoms with Crippen molar-refractivity contribution >= 4 is 27.8 Å². The predicted octanol–water partition coefficient (Wildman–Crippen LogP) is 3.21. The van der Waals surface area contributed by atoms with E-state index in [0.717, 1.165) is 21.3 Å². The number of aromatic nitrogens is 2. The number of amides is 1. The van der Waals surface area contributed by atoms with Crippen molar-refractivity contribution < 1.29 is 9.90 Å². The number of benzene rings is 1. The van der Waals surface area contributed by atoms with Gasteiger partial charge in [-0.3, -0.25) is 4.79 Å². The zero-order valence-electron chi connectivity index (χ0n) is 19.0. The molecule has 1 aromatic heterocycles. The van der Waals surface area contributed by atoms with Crippen molar-refractivity contribution in [2.45, 2.75) is 51.2 Å². The summed E-state index contributed by atoms with van der Waals surface area (Å²) in [6.45, 7) is 9.52. The highest BCUT2D eigenvalue weighted by Crippen LogP contribution is 2.38. The highest BCUT2D eigenvalue weighted by molar-refractivity contribution is 9.10. The number of nitrogens with zero attached hydrogens (tertiary/aromatic N) is 4. The molecule has 2 N–H and O–H groups in total. The molecule has 0 bridgehead atoms. The van der Waals surface area contributed by atoms with E-state index in [2.05, 4.69) is 56.9 Å². The number of aliphatic hydroxyl groups is 1. The Kier molecular flexibility index (Phi) is 7.12. The minimum Gasteiger partial charge on any atom is -0.387 e. The van der Waals surface area contributed by atoms with Crippen LogP contribution < -0.4 is 10.2 Å². The molecule has 0 radical (unpaired) electrons. The van der Waals surface area contributed by atoms with E-state index >= 15 is 0 Å². The number of halogens is 1. The first kappa shape index (κ1) is 23.1. The van der Waals surface area contributed by atoms with Gasteiger partial charge in [0.1, 0.15) is 0 Å². The second kappa shape index (κ2) is 9.85. The Labute approximate surface area is 198 Å². The van der Waals surface area contributed by atoms with Crippen LogP contribution >= 0.6 is 15.9 Å². The zero-order valence-corrected chi connectivity index (χ0v) is 20.5. The summed E-state index contributed by atoms with van der Waals surface area (Å²) in [6.07, 6.45) is 2.05. The fourth-order valence-electron chi connectivity index (χ4n) is 4.51. The lowest BCUT2D eigenvalue weighted by molar-refractivity contribution is -0.133. The Morgan fingerprint density at radius 2 is 1.91 bits per heavy atom. The zero-order chi connectivity index (χ0) is 22.8. The summed E-state index contributed by atoms with van der Waals surface area (Å²) in [5.41, 5.74) is 2.83. The van der Waals surface area contributed by atoms with E-state index in [1.54, 1.807) is 0 Å². The average molecular weight is 502 g/mol. The van der Waals surface area contributed by atoms with Crippen LogP contribution in [0.5, 0.6) is 0 Å². The second-order valence-corrected chi connectivity index (χ2v) is 10.1. The number of fused-ring (bicyclic) bond motifs is 1. The Hall–Kier alpha value is -2.03. The minimum absolute atomic E-state index is 0.152. The van der Waals surface area contributed by atoms with Crippen molar-refractivity contribution in [3.05, 3.63) is 51.8 Å². The first-order chi connectivity index (χ1) is 15.3. The van der Waals surface area contributed by atoms with E-state index in [0.29, 0.717) is 57.1 Å². The first-order valence-corrected chi connectivity index (χ1v) is 12.2. The maximum atomic E-state index is 13.5. The van der Waals surface area contributed by atoms with Gasteiger partial charge in [0.2, 0.25) is 11.9 Å². The summed E-state index contributed by atoms with van der Waals surface area (Å²) in [6, 6.07) is 8.34. The molecule has 0 unspecified atom stereocenters. The molecule has 0 saturated carbocycles. The topological polar surface area (TPSA) is 81.6 Å². The molecule has 2 aliphatic rings. The van der Waals surface area contributed by atoms with Crippen LogP contribution in [0.4, 0.5) is 5.95 Å². The van der Waals surface area contributed by atoms with Gasteiger partial charge >= 0.3 is 0 Å². The van der Waals surface area contributed by atoms with Crippen LogP contribution in [-0.4, -0.2) is 64.6 Å². The average Bonchev–Trinajstić information content (AvgIpc) is 3.07. The predicted molar refractivity (Wildman–Crippen MR) is 129 cm³/mol. The van der Waals surface area contributed by atoms with Crippen molar-refractivity contribution in [1.29, 1.82) is 0 Å². The molecular weight excluding hydrogens is 470 g/mol. The molecule has 2 aromatic rings. The van der Waals surface area contributed by atoms with Crippen molar-refractivity contribution in [3.63, 3.8) is 0 Å². The molecule has 1 aliphatic heterocycles. The van der Waals surface area contributed by atoms with Gasteiger partial charge < -0.3 is 20.2 Å². The van der Waals surface area contributed by atoms with Crippen molar-refractivity contribution in [2.24, 2.45) is 0 Å². The van der Waals surface area contributed by atoms with Crippen LogP contribution in [0.2, 0.25) is 0 Å². The Balaban J connectivity index is 1.43. The molecule has 0 spiro atoms. The largest absolute Gasteiger partial charge is 0.387 e. The van der Waals surface area contributed by atoms with Gasteiger partial charge in [0.25, 0.3) is 0 Å². The lowest BCUT2D eigenvalue weighted by atomic mass is 9.96. The normalized spacial score (nSPS) is 21.7. The monoisotopic (exact) mass is 501 g/mol. The maximum absolute atomic E-state index is 13.5. The highest BCUT2D eigenvalue weighted by Gasteiger charge is 2.32. The molecule has 1 aliphatic carbocycles. The van der Waals surface area contributed by atoms with Gasteiger partial charge in [-0.15, -0.1) is 0 Å². The third-order valence-corrected chi connectivity index (χ3v) is 6.96. The summed E-state index contributed by atoms with van der Waals surface area (Å²) in [5.74, 6) is 0.873. The number of nitrogens with one attached hydrogen (secondary N) is 1. The fourth-order valence-corrected chi connectivity index (χ4v) is 4.77. The lowest BCUT2D eigenvalue weighted by Gasteiger charge is -2.37. The summed E-state index contributed by atoms with van der Waals surface area (Å²) in [7, 11) is 0. The fraction of sp³-hybridized carbons (Fsp3) is 0.542. The number of hydrogen-bond acceptors (Lipinski definition) is 6. The summed E-state index contributed by atoms with van der Waals surface area (Å²) >= 11 is 3.48. The molecule has 1 fully saturated rings.